The molecular weight excluding hydrogens is 310 g/mol. The number of sulfone groups is 1. The van der Waals surface area contributed by atoms with E-state index in [4.69, 9.17) is 5.11 Å². The Morgan fingerprint density at radius 3 is 2.53 bits per heavy atom. The average Bonchev–Trinajstić information content (AvgIpc) is 2.14. The molecule has 0 fully saturated rings. The minimum absolute atomic E-state index is 0.107. The van der Waals surface area contributed by atoms with Gasteiger partial charge in [-0.2, -0.15) is 0 Å². The molecule has 1 N–H and O–H groups in total. The van der Waals surface area contributed by atoms with Gasteiger partial charge in [0, 0.05) is 17.8 Å². The number of carbonyl (C=O) groups is 1. The zero-order chi connectivity index (χ0) is 13.2. The van der Waals surface area contributed by atoms with Gasteiger partial charge in [-0.25, -0.2) is 8.42 Å². The summed E-state index contributed by atoms with van der Waals surface area (Å²) in [4.78, 5) is 12.1. The number of carboxylic acid groups (broad SMARTS) is 1. The van der Waals surface area contributed by atoms with Crippen LogP contribution < -0.4 is 4.90 Å². The van der Waals surface area contributed by atoms with Crippen LogP contribution in [-0.4, -0.2) is 39.3 Å². The van der Waals surface area contributed by atoms with E-state index in [2.05, 4.69) is 15.9 Å². The summed E-state index contributed by atoms with van der Waals surface area (Å²) >= 11 is 3.23. The van der Waals surface area contributed by atoms with E-state index < -0.39 is 15.8 Å². The van der Waals surface area contributed by atoms with Crippen molar-refractivity contribution < 1.29 is 18.3 Å². The third-order valence-corrected chi connectivity index (χ3v) is 3.87. The Morgan fingerprint density at radius 2 is 2.06 bits per heavy atom. The largest absolute Gasteiger partial charge is 0.480 e. The lowest BCUT2D eigenvalue weighted by molar-refractivity contribution is -0.135. The number of anilines is 1. The van der Waals surface area contributed by atoms with Gasteiger partial charge in [0.15, 0.2) is 9.84 Å². The molecule has 0 amide bonds. The number of carboxylic acids is 1. The fourth-order valence-electron chi connectivity index (χ4n) is 1.45. The predicted octanol–water partition coefficient (Wildman–Crippen LogP) is 1.37. The van der Waals surface area contributed by atoms with E-state index in [0.717, 1.165) is 6.26 Å². The average molecular weight is 322 g/mol. The van der Waals surface area contributed by atoms with Gasteiger partial charge in [0.05, 0.1) is 10.6 Å². The van der Waals surface area contributed by atoms with Crippen molar-refractivity contribution >= 4 is 37.4 Å². The molecule has 17 heavy (non-hydrogen) atoms. The highest BCUT2D eigenvalue weighted by Crippen LogP contribution is 2.32. The van der Waals surface area contributed by atoms with Crippen molar-refractivity contribution in [3.8, 4) is 0 Å². The number of aliphatic carboxylic acids is 1. The first-order valence-corrected chi connectivity index (χ1v) is 7.33. The maximum absolute atomic E-state index is 11.6. The van der Waals surface area contributed by atoms with Gasteiger partial charge >= 0.3 is 5.97 Å². The summed E-state index contributed by atoms with van der Waals surface area (Å²) in [5.74, 6) is -1.03. The Labute approximate surface area is 108 Å². The zero-order valence-electron chi connectivity index (χ0n) is 9.34. The number of hydrogen-bond acceptors (Lipinski definition) is 4. The van der Waals surface area contributed by atoms with Crippen LogP contribution in [0.3, 0.4) is 0 Å². The minimum Gasteiger partial charge on any atom is -0.480 e. The van der Waals surface area contributed by atoms with Gasteiger partial charge in [-0.05, 0) is 28.1 Å². The number of halogens is 1. The highest BCUT2D eigenvalue weighted by Gasteiger charge is 2.19. The summed E-state index contributed by atoms with van der Waals surface area (Å²) < 4.78 is 23.7. The number of nitrogens with zero attached hydrogens (tertiary/aromatic N) is 1. The van der Waals surface area contributed by atoms with Crippen molar-refractivity contribution in [3.05, 3.63) is 22.7 Å². The van der Waals surface area contributed by atoms with Gasteiger partial charge in [-0.15, -0.1) is 0 Å². The van der Waals surface area contributed by atoms with Crippen molar-refractivity contribution in [2.75, 3.05) is 24.7 Å². The highest BCUT2D eigenvalue weighted by atomic mass is 79.9. The van der Waals surface area contributed by atoms with E-state index in [1.807, 2.05) is 0 Å². The molecule has 94 valence electrons. The molecule has 0 aliphatic rings. The second-order valence-electron chi connectivity index (χ2n) is 3.61. The van der Waals surface area contributed by atoms with Crippen LogP contribution in [0.5, 0.6) is 0 Å². The summed E-state index contributed by atoms with van der Waals surface area (Å²) in [5.41, 5.74) is 0.359. The molecule has 0 aromatic heterocycles. The van der Waals surface area contributed by atoms with Crippen LogP contribution in [0.25, 0.3) is 0 Å². The number of rotatable bonds is 4. The van der Waals surface area contributed by atoms with Crippen LogP contribution in [0.4, 0.5) is 5.69 Å². The van der Waals surface area contributed by atoms with Gasteiger partial charge in [0.2, 0.25) is 0 Å². The third kappa shape index (κ3) is 3.44. The summed E-state index contributed by atoms with van der Waals surface area (Å²) in [6, 6.07) is 4.72. The molecule has 0 atom stereocenters. The molecule has 1 aromatic rings. The van der Waals surface area contributed by atoms with Crippen molar-refractivity contribution in [2.24, 2.45) is 0 Å². The second kappa shape index (κ2) is 5.05. The van der Waals surface area contributed by atoms with Gasteiger partial charge in [0.25, 0.3) is 0 Å². The van der Waals surface area contributed by atoms with Crippen LogP contribution in [0.15, 0.2) is 27.6 Å². The molecule has 0 aliphatic heterocycles. The Kier molecular flexibility index (Phi) is 4.16. The monoisotopic (exact) mass is 321 g/mol. The lowest BCUT2D eigenvalue weighted by atomic mass is 10.3. The molecule has 0 heterocycles. The molecule has 0 radical (unpaired) electrons. The van der Waals surface area contributed by atoms with E-state index in [9.17, 15) is 13.2 Å². The Bertz CT molecular complexity index is 541. The Morgan fingerprint density at radius 1 is 1.47 bits per heavy atom. The minimum atomic E-state index is -3.40. The number of likely N-dealkylation sites (N-methyl/N-ethyl adjacent to an activating group) is 1. The molecule has 5 nitrogen and oxygen atoms in total. The van der Waals surface area contributed by atoms with E-state index in [1.165, 1.54) is 18.0 Å². The quantitative estimate of drug-likeness (QED) is 0.906. The first-order chi connectivity index (χ1) is 7.73. The van der Waals surface area contributed by atoms with E-state index >= 15 is 0 Å². The maximum atomic E-state index is 11.6. The van der Waals surface area contributed by atoms with Gasteiger partial charge in [-0.3, -0.25) is 4.79 Å². The predicted molar refractivity (Wildman–Crippen MR) is 68.2 cm³/mol. The SMILES string of the molecule is CN(CC(=O)O)c1c(Br)cccc1S(C)(=O)=O. The van der Waals surface area contributed by atoms with Gasteiger partial charge in [0.1, 0.15) is 6.54 Å². The topological polar surface area (TPSA) is 74.7 Å². The standard InChI is InChI=1S/C10H12BrNO4S/c1-12(6-9(13)14)10-7(11)4-3-5-8(10)17(2,15)16/h3-5H,6H2,1-2H3,(H,13,14). The lowest BCUT2D eigenvalue weighted by Gasteiger charge is -2.21. The fourth-order valence-corrected chi connectivity index (χ4v) is 3.19. The summed E-state index contributed by atoms with van der Waals surface area (Å²) in [6.45, 7) is -0.273. The van der Waals surface area contributed by atoms with Crippen LogP contribution in [-0.2, 0) is 14.6 Å². The third-order valence-electron chi connectivity index (χ3n) is 2.10. The van der Waals surface area contributed by atoms with Crippen LogP contribution in [0.1, 0.15) is 0 Å². The molecule has 0 aliphatic carbocycles. The van der Waals surface area contributed by atoms with Crippen molar-refractivity contribution in [1.82, 2.24) is 0 Å². The van der Waals surface area contributed by atoms with Crippen LogP contribution in [0, 0.1) is 0 Å². The Hall–Kier alpha value is -1.08. The second-order valence-corrected chi connectivity index (χ2v) is 6.45. The molecular formula is C10H12BrNO4S. The van der Waals surface area contributed by atoms with Gasteiger partial charge in [-0.1, -0.05) is 6.07 Å². The fraction of sp³-hybridized carbons (Fsp3) is 0.300. The molecule has 0 saturated heterocycles. The molecule has 7 heteroatoms. The molecule has 1 rings (SSSR count). The van der Waals surface area contributed by atoms with Crippen molar-refractivity contribution in [1.29, 1.82) is 0 Å². The van der Waals surface area contributed by atoms with Gasteiger partial charge < -0.3 is 10.0 Å². The number of hydrogen-bond donors (Lipinski definition) is 1. The molecule has 0 spiro atoms. The Balaban J connectivity index is 3.35. The first kappa shape index (κ1) is 14.0. The van der Waals surface area contributed by atoms with Crippen LogP contribution in [0.2, 0.25) is 0 Å². The molecule has 0 bridgehead atoms. The normalized spacial score (nSPS) is 11.2. The number of benzene rings is 1. The molecule has 0 saturated carbocycles. The molecule has 0 unspecified atom stereocenters. The maximum Gasteiger partial charge on any atom is 0.323 e. The lowest BCUT2D eigenvalue weighted by Crippen LogP contribution is -2.26. The smallest absolute Gasteiger partial charge is 0.323 e. The highest BCUT2D eigenvalue weighted by molar-refractivity contribution is 9.10. The summed E-state index contributed by atoms with van der Waals surface area (Å²) in [7, 11) is -1.87. The summed E-state index contributed by atoms with van der Waals surface area (Å²) in [5, 5.41) is 8.72. The van der Waals surface area contributed by atoms with E-state index in [1.54, 1.807) is 12.1 Å². The molecule has 1 aromatic carbocycles. The van der Waals surface area contributed by atoms with Crippen molar-refractivity contribution in [2.45, 2.75) is 4.90 Å². The number of para-hydroxylation sites is 1. The van der Waals surface area contributed by atoms with Crippen molar-refractivity contribution in [3.63, 3.8) is 0 Å². The van der Waals surface area contributed by atoms with E-state index in [-0.39, 0.29) is 11.4 Å². The summed E-state index contributed by atoms with van der Waals surface area (Å²) in [6.07, 6.45) is 1.09. The first-order valence-electron chi connectivity index (χ1n) is 4.65. The van der Waals surface area contributed by atoms with Crippen LogP contribution >= 0.6 is 15.9 Å². The zero-order valence-corrected chi connectivity index (χ0v) is 11.7. The van der Waals surface area contributed by atoms with E-state index in [0.29, 0.717) is 10.2 Å².